The highest BCUT2D eigenvalue weighted by molar-refractivity contribution is 6.02. The molecule has 2 aromatic rings. The summed E-state index contributed by atoms with van der Waals surface area (Å²) in [5.41, 5.74) is 4.04. The van der Waals surface area contributed by atoms with Gasteiger partial charge in [0.2, 0.25) is 0 Å². The van der Waals surface area contributed by atoms with E-state index in [1.165, 1.54) is 24.2 Å². The fourth-order valence-corrected chi connectivity index (χ4v) is 3.50. The van der Waals surface area contributed by atoms with Crippen molar-refractivity contribution >= 4 is 22.5 Å². The van der Waals surface area contributed by atoms with E-state index in [4.69, 9.17) is 4.98 Å². The zero-order valence-electron chi connectivity index (χ0n) is 14.1. The number of aryl methyl sites for hydroxylation is 1. The van der Waals surface area contributed by atoms with Crippen molar-refractivity contribution in [2.45, 2.75) is 39.5 Å². The van der Waals surface area contributed by atoms with Crippen molar-refractivity contribution in [3.05, 3.63) is 35.5 Å². The van der Waals surface area contributed by atoms with Crippen LogP contribution < -0.4 is 10.2 Å². The normalized spacial score (nSPS) is 15.7. The second-order valence-electron chi connectivity index (χ2n) is 6.46. The minimum absolute atomic E-state index is 0.114. The van der Waals surface area contributed by atoms with Crippen LogP contribution in [0.15, 0.2) is 24.3 Å². The maximum absolute atomic E-state index is 12.5. The van der Waals surface area contributed by atoms with Gasteiger partial charge < -0.3 is 10.2 Å². The maximum Gasteiger partial charge on any atom is 0.279 e. The van der Waals surface area contributed by atoms with Crippen molar-refractivity contribution < 1.29 is 9.69 Å². The van der Waals surface area contributed by atoms with Crippen LogP contribution >= 0.6 is 0 Å². The zero-order valence-corrected chi connectivity index (χ0v) is 14.1. The molecule has 0 unspecified atom stereocenters. The van der Waals surface area contributed by atoms with Crippen molar-refractivity contribution in [2.75, 3.05) is 25.0 Å². The molecule has 1 aromatic carbocycles. The minimum atomic E-state index is 0.114. The molecule has 0 atom stereocenters. The second kappa shape index (κ2) is 7.09. The number of fused-ring (bicyclic) bond motifs is 1. The summed E-state index contributed by atoms with van der Waals surface area (Å²) in [6, 6.07) is 8.05. The Bertz CT molecular complexity index is 705. The first kappa shape index (κ1) is 15.9. The summed E-state index contributed by atoms with van der Waals surface area (Å²) in [7, 11) is 0. The van der Waals surface area contributed by atoms with Crippen LogP contribution in [0.25, 0.3) is 10.9 Å². The van der Waals surface area contributed by atoms with Gasteiger partial charge >= 0.3 is 0 Å². The van der Waals surface area contributed by atoms with Crippen LogP contribution in [0.3, 0.4) is 0 Å². The first-order chi connectivity index (χ1) is 11.2. The number of aromatic nitrogens is 1. The second-order valence-corrected chi connectivity index (χ2v) is 6.46. The molecule has 1 saturated heterocycles. The van der Waals surface area contributed by atoms with E-state index in [1.807, 2.05) is 24.3 Å². The molecule has 23 heavy (non-hydrogen) atoms. The van der Waals surface area contributed by atoms with Gasteiger partial charge in [-0.2, -0.15) is 0 Å². The van der Waals surface area contributed by atoms with Crippen molar-refractivity contribution in [1.82, 2.24) is 4.98 Å². The summed E-state index contributed by atoms with van der Waals surface area (Å²) >= 11 is 0. The molecule has 3 rings (SSSR count). The van der Waals surface area contributed by atoms with E-state index >= 15 is 0 Å². The number of amides is 1. The molecule has 1 amide bonds. The third kappa shape index (κ3) is 3.53. The van der Waals surface area contributed by atoms with Crippen LogP contribution in [-0.4, -0.2) is 30.5 Å². The molecule has 2 heterocycles. The number of carbonyl (C=O) groups excluding carboxylic acids is 1. The number of piperidine rings is 1. The van der Waals surface area contributed by atoms with Crippen molar-refractivity contribution in [3.63, 3.8) is 0 Å². The smallest absolute Gasteiger partial charge is 0.279 e. The summed E-state index contributed by atoms with van der Waals surface area (Å²) in [6.45, 7) is 6.96. The van der Waals surface area contributed by atoms with Crippen molar-refractivity contribution in [1.29, 1.82) is 0 Å². The van der Waals surface area contributed by atoms with Crippen LogP contribution in [-0.2, 0) is 11.2 Å². The van der Waals surface area contributed by atoms with Crippen LogP contribution in [0, 0.1) is 6.92 Å². The van der Waals surface area contributed by atoms with Crippen molar-refractivity contribution in [3.8, 4) is 0 Å². The lowest BCUT2D eigenvalue weighted by molar-refractivity contribution is -0.896. The maximum atomic E-state index is 12.5. The Hall–Kier alpha value is -1.94. The molecule has 4 heteroatoms. The van der Waals surface area contributed by atoms with Gasteiger partial charge in [0, 0.05) is 11.1 Å². The number of benzene rings is 1. The fraction of sp³-hybridized carbons (Fsp3) is 0.474. The number of hydrogen-bond acceptors (Lipinski definition) is 2. The molecular formula is C19H26N3O+. The minimum Gasteiger partial charge on any atom is -0.327 e. The van der Waals surface area contributed by atoms with Crippen LogP contribution in [0.2, 0.25) is 0 Å². The van der Waals surface area contributed by atoms with E-state index in [9.17, 15) is 4.79 Å². The molecule has 1 fully saturated rings. The molecule has 0 bridgehead atoms. The number of hydrogen-bond donors (Lipinski definition) is 2. The highest BCUT2D eigenvalue weighted by atomic mass is 16.2. The van der Waals surface area contributed by atoms with Gasteiger partial charge in [-0.1, -0.05) is 25.1 Å². The van der Waals surface area contributed by atoms with E-state index in [0.717, 1.165) is 47.4 Å². The van der Waals surface area contributed by atoms with Gasteiger partial charge in [0.1, 0.15) is 0 Å². The molecule has 1 aliphatic heterocycles. The summed E-state index contributed by atoms with van der Waals surface area (Å²) in [4.78, 5) is 18.6. The number of likely N-dealkylation sites (tertiary alicyclic amines) is 1. The molecule has 0 saturated carbocycles. The lowest BCUT2D eigenvalue weighted by Crippen LogP contribution is -3.13. The Labute approximate surface area is 137 Å². The SMILES string of the molecule is CCc1nc2ccccc2c(NC(=O)C[NH+]2CCCCC2)c1C. The number of para-hydroxylation sites is 1. The van der Waals surface area contributed by atoms with Gasteiger partial charge in [-0.15, -0.1) is 0 Å². The molecule has 0 aliphatic carbocycles. The van der Waals surface area contributed by atoms with Crippen LogP contribution in [0.1, 0.15) is 37.4 Å². The number of quaternary nitrogens is 1. The van der Waals surface area contributed by atoms with Crippen LogP contribution in [0.4, 0.5) is 5.69 Å². The quantitative estimate of drug-likeness (QED) is 0.908. The molecule has 4 nitrogen and oxygen atoms in total. The first-order valence-corrected chi connectivity index (χ1v) is 8.70. The Morgan fingerprint density at radius 1 is 1.22 bits per heavy atom. The monoisotopic (exact) mass is 312 g/mol. The van der Waals surface area contributed by atoms with E-state index in [-0.39, 0.29) is 5.91 Å². The van der Waals surface area contributed by atoms with Gasteiger partial charge in [-0.05, 0) is 44.2 Å². The standard InChI is InChI=1S/C19H25N3O/c1-3-16-14(2)19(15-9-5-6-10-17(15)20-16)21-18(23)13-22-11-7-4-8-12-22/h5-6,9-10H,3-4,7-8,11-13H2,1-2H3,(H,20,21,23)/p+1. The Balaban J connectivity index is 1.86. The molecular weight excluding hydrogens is 286 g/mol. The summed E-state index contributed by atoms with van der Waals surface area (Å²) in [5.74, 6) is 0.114. The van der Waals surface area contributed by atoms with Gasteiger partial charge in [0.25, 0.3) is 5.91 Å². The average Bonchev–Trinajstić information content (AvgIpc) is 2.58. The highest BCUT2D eigenvalue weighted by Gasteiger charge is 2.19. The Kier molecular flexibility index (Phi) is 4.91. The predicted molar refractivity (Wildman–Crippen MR) is 93.9 cm³/mol. The fourth-order valence-electron chi connectivity index (χ4n) is 3.50. The largest absolute Gasteiger partial charge is 0.327 e. The molecule has 1 aromatic heterocycles. The van der Waals surface area contributed by atoms with E-state index in [0.29, 0.717) is 6.54 Å². The lowest BCUT2D eigenvalue weighted by atomic mass is 10.1. The molecule has 0 radical (unpaired) electrons. The van der Waals surface area contributed by atoms with E-state index in [1.54, 1.807) is 0 Å². The number of pyridine rings is 1. The highest BCUT2D eigenvalue weighted by Crippen LogP contribution is 2.28. The number of nitrogens with zero attached hydrogens (tertiary/aromatic N) is 1. The predicted octanol–water partition coefficient (Wildman–Crippen LogP) is 2.11. The van der Waals surface area contributed by atoms with Gasteiger partial charge in [0.05, 0.1) is 24.3 Å². The third-order valence-corrected chi connectivity index (χ3v) is 4.81. The Morgan fingerprint density at radius 2 is 1.96 bits per heavy atom. The van der Waals surface area contributed by atoms with Gasteiger partial charge in [-0.25, -0.2) is 0 Å². The van der Waals surface area contributed by atoms with E-state index in [2.05, 4.69) is 19.2 Å². The number of rotatable bonds is 4. The lowest BCUT2D eigenvalue weighted by Gasteiger charge is -2.23. The number of carbonyl (C=O) groups is 1. The number of anilines is 1. The third-order valence-electron chi connectivity index (χ3n) is 4.81. The first-order valence-electron chi connectivity index (χ1n) is 8.70. The number of nitrogens with one attached hydrogen (secondary N) is 2. The summed E-state index contributed by atoms with van der Waals surface area (Å²) < 4.78 is 0. The summed E-state index contributed by atoms with van der Waals surface area (Å²) in [6.07, 6.45) is 4.65. The molecule has 1 aliphatic rings. The summed E-state index contributed by atoms with van der Waals surface area (Å²) in [5, 5.41) is 4.21. The van der Waals surface area contributed by atoms with Crippen LogP contribution in [0.5, 0.6) is 0 Å². The van der Waals surface area contributed by atoms with E-state index < -0.39 is 0 Å². The van der Waals surface area contributed by atoms with Crippen molar-refractivity contribution in [2.24, 2.45) is 0 Å². The average molecular weight is 312 g/mol. The Morgan fingerprint density at radius 3 is 2.70 bits per heavy atom. The molecule has 2 N–H and O–H groups in total. The molecule has 122 valence electrons. The zero-order chi connectivity index (χ0) is 16.2. The van der Waals surface area contributed by atoms with Gasteiger partial charge in [-0.3, -0.25) is 9.78 Å². The topological polar surface area (TPSA) is 46.4 Å². The van der Waals surface area contributed by atoms with Gasteiger partial charge in [0.15, 0.2) is 6.54 Å². The molecule has 0 spiro atoms.